The van der Waals surface area contributed by atoms with E-state index in [9.17, 15) is 9.59 Å². The zero-order chi connectivity index (χ0) is 19.4. The number of anilines is 1. The van der Waals surface area contributed by atoms with Gasteiger partial charge in [-0.2, -0.15) is 0 Å². The van der Waals surface area contributed by atoms with Gasteiger partial charge in [0.15, 0.2) is 0 Å². The van der Waals surface area contributed by atoms with Crippen LogP contribution in [0.4, 0.5) is 5.13 Å². The zero-order valence-electron chi connectivity index (χ0n) is 14.9. The number of aryl methyl sites for hydroxylation is 2. The summed E-state index contributed by atoms with van der Waals surface area (Å²) < 4.78 is 0.526. The van der Waals surface area contributed by atoms with E-state index < -0.39 is 0 Å². The van der Waals surface area contributed by atoms with Gasteiger partial charge in [0.1, 0.15) is 9.33 Å². The van der Waals surface area contributed by atoms with Gasteiger partial charge in [-0.3, -0.25) is 14.5 Å². The molecule has 1 saturated heterocycles. The molecule has 1 aliphatic heterocycles. The van der Waals surface area contributed by atoms with E-state index in [-0.39, 0.29) is 18.2 Å². The predicted molar refractivity (Wildman–Crippen MR) is 114 cm³/mol. The second kappa shape index (κ2) is 8.73. The Hall–Kier alpha value is -2.10. The molecule has 0 aliphatic carbocycles. The highest BCUT2D eigenvalue weighted by atomic mass is 32.2. The summed E-state index contributed by atoms with van der Waals surface area (Å²) in [6.07, 6.45) is 2.66. The van der Waals surface area contributed by atoms with Crippen LogP contribution < -0.4 is 5.32 Å². The average Bonchev–Trinajstić information content (AvgIpc) is 3.14. The van der Waals surface area contributed by atoms with E-state index in [1.165, 1.54) is 28.7 Å². The Morgan fingerprint density at radius 3 is 2.67 bits per heavy atom. The van der Waals surface area contributed by atoms with Gasteiger partial charge in [-0.1, -0.05) is 65.1 Å². The van der Waals surface area contributed by atoms with E-state index in [1.807, 2.05) is 44.2 Å². The summed E-state index contributed by atoms with van der Waals surface area (Å²) >= 11 is 7.95. The highest BCUT2D eigenvalue weighted by molar-refractivity contribution is 8.26. The van der Waals surface area contributed by atoms with Crippen LogP contribution in [0.15, 0.2) is 29.2 Å². The number of thiocarbonyl (C=S) groups is 1. The van der Waals surface area contributed by atoms with Crippen molar-refractivity contribution in [2.24, 2.45) is 0 Å². The zero-order valence-corrected chi connectivity index (χ0v) is 17.3. The quantitative estimate of drug-likeness (QED) is 0.568. The van der Waals surface area contributed by atoms with Crippen molar-refractivity contribution < 1.29 is 9.59 Å². The van der Waals surface area contributed by atoms with Crippen LogP contribution in [0.5, 0.6) is 0 Å². The van der Waals surface area contributed by atoms with Crippen LogP contribution in [0.2, 0.25) is 0 Å². The van der Waals surface area contributed by atoms with Crippen LogP contribution in [0.25, 0.3) is 6.08 Å². The van der Waals surface area contributed by atoms with Crippen molar-refractivity contribution in [1.82, 2.24) is 15.1 Å². The van der Waals surface area contributed by atoms with Crippen LogP contribution in [0.3, 0.4) is 0 Å². The lowest BCUT2D eigenvalue weighted by Crippen LogP contribution is -2.29. The summed E-state index contributed by atoms with van der Waals surface area (Å²) in [6, 6.07) is 7.96. The number of thioether (sulfide) groups is 1. The Morgan fingerprint density at radius 1 is 1.26 bits per heavy atom. The normalized spacial score (nSPS) is 15.6. The minimum atomic E-state index is -0.146. The highest BCUT2D eigenvalue weighted by Gasteiger charge is 2.31. The second-order valence-electron chi connectivity index (χ2n) is 6.02. The number of benzene rings is 1. The summed E-state index contributed by atoms with van der Waals surface area (Å²) in [4.78, 5) is 26.7. The number of hydrogen-bond acceptors (Lipinski definition) is 7. The third-order valence-electron chi connectivity index (χ3n) is 3.81. The van der Waals surface area contributed by atoms with E-state index >= 15 is 0 Å². The third-order valence-corrected chi connectivity index (χ3v) is 5.94. The van der Waals surface area contributed by atoms with Crippen LogP contribution >= 0.6 is 35.3 Å². The molecule has 1 aromatic heterocycles. The van der Waals surface area contributed by atoms with Crippen molar-refractivity contribution in [2.75, 3.05) is 11.9 Å². The van der Waals surface area contributed by atoms with Gasteiger partial charge >= 0.3 is 0 Å². The molecule has 0 spiro atoms. The number of hydrogen-bond donors (Lipinski definition) is 1. The molecule has 2 amide bonds. The van der Waals surface area contributed by atoms with Crippen molar-refractivity contribution in [3.8, 4) is 0 Å². The number of nitrogens with one attached hydrogen (secondary N) is 1. The molecule has 0 unspecified atom stereocenters. The van der Waals surface area contributed by atoms with Crippen LogP contribution in [-0.4, -0.2) is 37.8 Å². The van der Waals surface area contributed by atoms with Crippen molar-refractivity contribution in [2.45, 2.75) is 26.7 Å². The monoisotopic (exact) mass is 418 g/mol. The van der Waals surface area contributed by atoms with Crippen LogP contribution in [0.1, 0.15) is 29.0 Å². The van der Waals surface area contributed by atoms with E-state index in [0.29, 0.717) is 27.3 Å². The van der Waals surface area contributed by atoms with E-state index in [4.69, 9.17) is 12.2 Å². The Bertz CT molecular complexity index is 906. The lowest BCUT2D eigenvalue weighted by atomic mass is 10.1. The Kier molecular flexibility index (Phi) is 6.35. The van der Waals surface area contributed by atoms with Crippen LogP contribution in [-0.2, 0) is 9.59 Å². The van der Waals surface area contributed by atoms with Gasteiger partial charge in [-0.05, 0) is 31.9 Å². The Labute approximate surface area is 171 Å². The highest BCUT2D eigenvalue weighted by Crippen LogP contribution is 2.32. The molecule has 0 radical (unpaired) electrons. The van der Waals surface area contributed by atoms with Gasteiger partial charge in [-0.25, -0.2) is 0 Å². The molecule has 1 N–H and O–H groups in total. The van der Waals surface area contributed by atoms with Crippen molar-refractivity contribution in [1.29, 1.82) is 0 Å². The van der Waals surface area contributed by atoms with Gasteiger partial charge in [0.05, 0.1) is 4.91 Å². The largest absolute Gasteiger partial charge is 0.301 e. The molecule has 0 bridgehead atoms. The SMILES string of the molecule is Cc1ccc(/C=C2/SC(=S)N(CCCC(=O)Nc3nnc(C)s3)C2=O)cc1. The fraction of sp³-hybridized carbons (Fsp3) is 0.278. The minimum absolute atomic E-state index is 0.106. The number of rotatable bonds is 6. The maximum Gasteiger partial charge on any atom is 0.266 e. The Balaban J connectivity index is 1.53. The molecule has 0 saturated carbocycles. The summed E-state index contributed by atoms with van der Waals surface area (Å²) in [5.41, 5.74) is 2.13. The first-order valence-electron chi connectivity index (χ1n) is 8.34. The maximum atomic E-state index is 12.6. The van der Waals surface area contributed by atoms with Crippen molar-refractivity contribution in [3.63, 3.8) is 0 Å². The summed E-state index contributed by atoms with van der Waals surface area (Å²) in [7, 11) is 0. The number of carbonyl (C=O) groups excluding carboxylic acids is 2. The fourth-order valence-corrected chi connectivity index (χ4v) is 4.35. The van der Waals surface area contributed by atoms with Gasteiger partial charge in [0.2, 0.25) is 11.0 Å². The topological polar surface area (TPSA) is 75.2 Å². The number of nitrogens with zero attached hydrogens (tertiary/aromatic N) is 3. The first kappa shape index (κ1) is 19.7. The van der Waals surface area contributed by atoms with E-state index in [2.05, 4.69) is 15.5 Å². The second-order valence-corrected chi connectivity index (χ2v) is 8.88. The fourth-order valence-electron chi connectivity index (χ4n) is 2.43. The molecule has 2 heterocycles. The third kappa shape index (κ3) is 5.21. The molecule has 0 atom stereocenters. The first-order valence-corrected chi connectivity index (χ1v) is 10.4. The molecule has 2 aromatic rings. The summed E-state index contributed by atoms with van der Waals surface area (Å²) in [5, 5.41) is 11.7. The molecule has 6 nitrogen and oxygen atoms in total. The summed E-state index contributed by atoms with van der Waals surface area (Å²) in [6.45, 7) is 4.26. The molecular formula is C18H18N4O2S3. The van der Waals surface area contributed by atoms with Crippen LogP contribution in [0, 0.1) is 13.8 Å². The molecule has 1 fully saturated rings. The Morgan fingerprint density at radius 2 is 2.00 bits per heavy atom. The lowest BCUT2D eigenvalue weighted by Gasteiger charge is -2.13. The van der Waals surface area contributed by atoms with Gasteiger partial charge in [0.25, 0.3) is 5.91 Å². The number of aromatic nitrogens is 2. The number of amides is 2. The minimum Gasteiger partial charge on any atom is -0.301 e. The smallest absolute Gasteiger partial charge is 0.266 e. The molecule has 9 heteroatoms. The lowest BCUT2D eigenvalue weighted by molar-refractivity contribution is -0.122. The molecule has 27 heavy (non-hydrogen) atoms. The standard InChI is InChI=1S/C18H18N4O2S3/c1-11-5-7-13(8-6-11)10-14-16(24)22(18(25)27-14)9-3-4-15(23)19-17-21-20-12(2)26-17/h5-8,10H,3-4,9H2,1-2H3,(H,19,21,23)/b14-10+. The van der Waals surface area contributed by atoms with Gasteiger partial charge in [-0.15, -0.1) is 10.2 Å². The first-order chi connectivity index (χ1) is 12.9. The van der Waals surface area contributed by atoms with Gasteiger partial charge in [0, 0.05) is 13.0 Å². The average molecular weight is 419 g/mol. The molecular weight excluding hydrogens is 400 g/mol. The predicted octanol–water partition coefficient (Wildman–Crippen LogP) is 3.78. The summed E-state index contributed by atoms with van der Waals surface area (Å²) in [5.74, 6) is -0.252. The van der Waals surface area contributed by atoms with Crippen molar-refractivity contribution in [3.05, 3.63) is 45.3 Å². The number of carbonyl (C=O) groups is 2. The molecule has 3 rings (SSSR count). The molecule has 1 aliphatic rings. The van der Waals surface area contributed by atoms with Gasteiger partial charge < -0.3 is 5.32 Å². The van der Waals surface area contributed by atoms with E-state index in [0.717, 1.165) is 10.6 Å². The molecule has 140 valence electrons. The molecule has 1 aromatic carbocycles. The van der Waals surface area contributed by atoms with Crippen molar-refractivity contribution >= 4 is 62.7 Å². The maximum absolute atomic E-state index is 12.6. The van der Waals surface area contributed by atoms with E-state index in [1.54, 1.807) is 4.90 Å².